The first-order valence-electron chi connectivity index (χ1n) is 12.2. The minimum Gasteiger partial charge on any atom is -0.396 e. The van der Waals surface area contributed by atoms with Gasteiger partial charge in [-0.05, 0) is 94.8 Å². The maximum atomic E-state index is 9.00. The standard InChI is InChI=1S/C23H50O4P2.Pd/c24-14-5-1-9-18-28(19-10-2-6-15-25)22-13-23-29(20-11-3-7-16-26)21-12-4-8-17-27;/h24-27H,1-23H2;. The Morgan fingerprint density at radius 3 is 0.767 bits per heavy atom. The van der Waals surface area contributed by atoms with Crippen LogP contribution in [0, 0.1) is 0 Å². The van der Waals surface area contributed by atoms with E-state index >= 15 is 0 Å². The van der Waals surface area contributed by atoms with Crippen molar-refractivity contribution in [2.24, 2.45) is 0 Å². The van der Waals surface area contributed by atoms with Crippen LogP contribution in [-0.4, -0.2) is 83.8 Å². The number of unbranched alkanes of at least 4 members (excludes halogenated alkanes) is 8. The Kier molecular flexibility index (Phi) is 31.7. The van der Waals surface area contributed by atoms with Gasteiger partial charge in [-0.25, -0.2) is 0 Å². The summed E-state index contributed by atoms with van der Waals surface area (Å²) in [5.74, 6) is 0. The minimum absolute atomic E-state index is 0. The molecule has 0 aliphatic heterocycles. The molecule has 0 saturated carbocycles. The molecule has 0 atom stereocenters. The van der Waals surface area contributed by atoms with E-state index in [1.807, 2.05) is 0 Å². The van der Waals surface area contributed by atoms with Crippen LogP contribution in [0.25, 0.3) is 0 Å². The summed E-state index contributed by atoms with van der Waals surface area (Å²) in [5, 5.41) is 36.0. The van der Waals surface area contributed by atoms with E-state index in [0.717, 1.165) is 51.4 Å². The summed E-state index contributed by atoms with van der Waals surface area (Å²) in [5.41, 5.74) is 0. The maximum Gasteiger partial charge on any atom is 0.0431 e. The number of rotatable bonds is 24. The van der Waals surface area contributed by atoms with Crippen molar-refractivity contribution in [1.82, 2.24) is 0 Å². The summed E-state index contributed by atoms with van der Waals surface area (Å²) < 4.78 is 0. The summed E-state index contributed by atoms with van der Waals surface area (Å²) >= 11 is 0. The summed E-state index contributed by atoms with van der Waals surface area (Å²) in [6.07, 6.45) is 23.1. The van der Waals surface area contributed by atoms with Crippen LogP contribution in [0.15, 0.2) is 0 Å². The third kappa shape index (κ3) is 24.0. The van der Waals surface area contributed by atoms with Crippen LogP contribution >= 0.6 is 15.8 Å². The van der Waals surface area contributed by atoms with Crippen molar-refractivity contribution in [3.05, 3.63) is 0 Å². The molecule has 0 spiro atoms. The Balaban J connectivity index is 0. The van der Waals surface area contributed by atoms with E-state index in [2.05, 4.69) is 0 Å². The van der Waals surface area contributed by atoms with Gasteiger partial charge >= 0.3 is 0 Å². The molecular weight excluding hydrogens is 509 g/mol. The van der Waals surface area contributed by atoms with Crippen LogP contribution in [0.2, 0.25) is 0 Å². The topological polar surface area (TPSA) is 80.9 Å². The van der Waals surface area contributed by atoms with E-state index in [9.17, 15) is 0 Å². The molecule has 0 fully saturated rings. The van der Waals surface area contributed by atoms with E-state index in [4.69, 9.17) is 20.4 Å². The van der Waals surface area contributed by atoms with Gasteiger partial charge in [-0.2, -0.15) is 0 Å². The smallest absolute Gasteiger partial charge is 0.0431 e. The largest absolute Gasteiger partial charge is 0.396 e. The molecule has 0 aromatic rings. The molecule has 0 radical (unpaired) electrons. The van der Waals surface area contributed by atoms with Gasteiger partial charge in [0.25, 0.3) is 0 Å². The summed E-state index contributed by atoms with van der Waals surface area (Å²) in [6, 6.07) is 0. The van der Waals surface area contributed by atoms with Crippen molar-refractivity contribution in [2.45, 2.75) is 83.5 Å². The molecule has 186 valence electrons. The van der Waals surface area contributed by atoms with Crippen molar-refractivity contribution < 1.29 is 40.8 Å². The van der Waals surface area contributed by atoms with Crippen LogP contribution in [0.4, 0.5) is 0 Å². The zero-order chi connectivity index (χ0) is 21.4. The fraction of sp³-hybridized carbons (Fsp3) is 1.00. The Labute approximate surface area is 203 Å². The van der Waals surface area contributed by atoms with E-state index < -0.39 is 0 Å². The molecule has 0 heterocycles. The molecule has 0 unspecified atom stereocenters. The number of aliphatic hydroxyl groups is 4. The molecule has 0 rings (SSSR count). The molecule has 0 aromatic heterocycles. The van der Waals surface area contributed by atoms with Gasteiger partial charge in [-0.3, -0.25) is 0 Å². The monoisotopic (exact) mass is 558 g/mol. The van der Waals surface area contributed by atoms with Crippen molar-refractivity contribution in [3.8, 4) is 0 Å². The molecule has 0 aliphatic carbocycles. The van der Waals surface area contributed by atoms with Crippen LogP contribution in [0.1, 0.15) is 83.5 Å². The first kappa shape index (κ1) is 33.5. The first-order valence-corrected chi connectivity index (χ1v) is 16.0. The average molecular weight is 559 g/mol. The van der Waals surface area contributed by atoms with E-state index in [1.54, 1.807) is 0 Å². The van der Waals surface area contributed by atoms with Crippen molar-refractivity contribution in [2.75, 3.05) is 63.4 Å². The van der Waals surface area contributed by atoms with Crippen LogP contribution in [0.3, 0.4) is 0 Å². The molecule has 4 N–H and O–H groups in total. The third-order valence-electron chi connectivity index (χ3n) is 5.48. The maximum absolute atomic E-state index is 9.00. The Morgan fingerprint density at radius 2 is 0.533 bits per heavy atom. The minimum atomic E-state index is 0. The fourth-order valence-electron chi connectivity index (χ4n) is 3.68. The van der Waals surface area contributed by atoms with Gasteiger partial charge < -0.3 is 20.4 Å². The molecular formula is C23H50O4P2Pd. The summed E-state index contributed by atoms with van der Waals surface area (Å²) in [7, 11) is 0.238. The van der Waals surface area contributed by atoms with Crippen molar-refractivity contribution in [1.29, 1.82) is 0 Å². The summed E-state index contributed by atoms with van der Waals surface area (Å²) in [4.78, 5) is 0. The second-order valence-electron chi connectivity index (χ2n) is 8.17. The van der Waals surface area contributed by atoms with Crippen LogP contribution < -0.4 is 0 Å². The second-order valence-corrected chi connectivity index (χ2v) is 13.5. The molecule has 30 heavy (non-hydrogen) atoms. The molecule has 4 nitrogen and oxygen atoms in total. The predicted molar refractivity (Wildman–Crippen MR) is 131 cm³/mol. The van der Waals surface area contributed by atoms with E-state index in [0.29, 0.717) is 26.4 Å². The number of aliphatic hydroxyl groups excluding tert-OH is 4. The first-order chi connectivity index (χ1) is 14.3. The normalized spacial score (nSPS) is 11.4. The van der Waals surface area contributed by atoms with Gasteiger partial charge in [0.05, 0.1) is 0 Å². The molecule has 0 bridgehead atoms. The zero-order valence-corrected chi connectivity index (χ0v) is 22.6. The van der Waals surface area contributed by atoms with Gasteiger partial charge in [0.15, 0.2) is 0 Å². The van der Waals surface area contributed by atoms with Crippen molar-refractivity contribution >= 4 is 15.8 Å². The molecule has 7 heteroatoms. The van der Waals surface area contributed by atoms with E-state index in [1.165, 1.54) is 69.1 Å². The molecule has 0 aliphatic rings. The van der Waals surface area contributed by atoms with Gasteiger partial charge in [-0.15, -0.1) is 15.8 Å². The van der Waals surface area contributed by atoms with E-state index in [-0.39, 0.29) is 36.3 Å². The Morgan fingerprint density at radius 1 is 0.300 bits per heavy atom. The molecule has 0 amide bonds. The molecule has 0 saturated heterocycles. The Bertz CT molecular complexity index is 263. The van der Waals surface area contributed by atoms with Crippen LogP contribution in [-0.2, 0) is 20.4 Å². The van der Waals surface area contributed by atoms with Gasteiger partial charge in [0, 0.05) is 46.9 Å². The number of hydrogen-bond donors (Lipinski definition) is 4. The van der Waals surface area contributed by atoms with Gasteiger partial charge in [0.1, 0.15) is 0 Å². The zero-order valence-electron chi connectivity index (χ0n) is 19.3. The van der Waals surface area contributed by atoms with Crippen molar-refractivity contribution in [3.63, 3.8) is 0 Å². The fourth-order valence-corrected chi connectivity index (χ4v) is 9.17. The van der Waals surface area contributed by atoms with Gasteiger partial charge in [-0.1, -0.05) is 25.7 Å². The summed E-state index contributed by atoms with van der Waals surface area (Å²) in [6.45, 7) is 1.30. The number of hydrogen-bond acceptors (Lipinski definition) is 4. The third-order valence-corrected chi connectivity index (χ3v) is 11.2. The average Bonchev–Trinajstić information content (AvgIpc) is 2.73. The van der Waals surface area contributed by atoms with Gasteiger partial charge in [0.2, 0.25) is 0 Å². The Hall–Kier alpha value is 1.36. The molecule has 0 aromatic carbocycles. The quantitative estimate of drug-likeness (QED) is 0.0765. The SMILES string of the molecule is OCCCCCP(CCCCCO)CCCP(CCCCCO)CCCCCO.[Pd]. The second kappa shape index (κ2) is 28.4. The predicted octanol–water partition coefficient (Wildman–Crippen LogP) is 4.99. The van der Waals surface area contributed by atoms with Crippen LogP contribution in [0.5, 0.6) is 0 Å².